The summed E-state index contributed by atoms with van der Waals surface area (Å²) in [5.41, 5.74) is 0.529. The molecule has 1 N–H and O–H groups in total. The Kier molecular flexibility index (Phi) is 6.97. The summed E-state index contributed by atoms with van der Waals surface area (Å²) in [7, 11) is 2.31. The summed E-state index contributed by atoms with van der Waals surface area (Å²) in [5.74, 6) is 1.03. The molecule has 1 heterocycles. The third kappa shape index (κ3) is 5.07. The molecule has 108 valence electrons. The highest BCUT2D eigenvalue weighted by Crippen LogP contribution is 2.28. The van der Waals surface area contributed by atoms with Gasteiger partial charge in [-0.15, -0.1) is 12.4 Å². The molecule has 3 heteroatoms. The van der Waals surface area contributed by atoms with Crippen LogP contribution in [0.25, 0.3) is 0 Å². The van der Waals surface area contributed by atoms with Gasteiger partial charge in [-0.3, -0.25) is 0 Å². The Morgan fingerprint density at radius 3 is 2.56 bits per heavy atom. The average Bonchev–Trinajstić information content (AvgIpc) is 2.74. The molecule has 0 spiro atoms. The molecular weight excluding hydrogens is 244 g/mol. The molecule has 0 aromatic rings. The van der Waals surface area contributed by atoms with Crippen molar-refractivity contribution in [1.29, 1.82) is 0 Å². The third-order valence-corrected chi connectivity index (χ3v) is 4.75. The van der Waals surface area contributed by atoms with Gasteiger partial charge in [-0.25, -0.2) is 0 Å². The van der Waals surface area contributed by atoms with E-state index in [0.717, 1.165) is 5.92 Å². The molecule has 2 rings (SSSR count). The van der Waals surface area contributed by atoms with Gasteiger partial charge in [0.25, 0.3) is 0 Å². The molecule has 0 bridgehead atoms. The second-order valence-corrected chi connectivity index (χ2v) is 6.77. The van der Waals surface area contributed by atoms with Crippen LogP contribution in [0.15, 0.2) is 0 Å². The lowest BCUT2D eigenvalue weighted by Gasteiger charge is -2.31. The summed E-state index contributed by atoms with van der Waals surface area (Å²) in [6, 6.07) is 0. The van der Waals surface area contributed by atoms with Crippen molar-refractivity contribution in [1.82, 2.24) is 10.2 Å². The minimum Gasteiger partial charge on any atom is -0.316 e. The highest BCUT2D eigenvalue weighted by Gasteiger charge is 2.29. The molecular formula is C15H31ClN2. The van der Waals surface area contributed by atoms with Crippen molar-refractivity contribution in [3.05, 3.63) is 0 Å². The zero-order chi connectivity index (χ0) is 12.1. The Labute approximate surface area is 119 Å². The van der Waals surface area contributed by atoms with E-state index in [2.05, 4.69) is 24.2 Å². The minimum absolute atomic E-state index is 0. The maximum Gasteiger partial charge on any atom is 0.00449 e. The van der Waals surface area contributed by atoms with Crippen LogP contribution in [0.2, 0.25) is 0 Å². The first-order valence-electron chi connectivity index (χ1n) is 7.57. The van der Waals surface area contributed by atoms with E-state index < -0.39 is 0 Å². The summed E-state index contributed by atoms with van der Waals surface area (Å²) in [6.07, 6.45) is 10.2. The second kappa shape index (κ2) is 7.72. The van der Waals surface area contributed by atoms with Crippen LogP contribution in [0.5, 0.6) is 0 Å². The monoisotopic (exact) mass is 274 g/mol. The predicted octanol–water partition coefficient (Wildman–Crippen LogP) is 3.31. The highest BCUT2D eigenvalue weighted by atomic mass is 35.5. The summed E-state index contributed by atoms with van der Waals surface area (Å²) in [5, 5.41) is 3.50. The van der Waals surface area contributed by atoms with Crippen LogP contribution in [-0.2, 0) is 0 Å². The van der Waals surface area contributed by atoms with Crippen molar-refractivity contribution in [2.75, 3.05) is 33.2 Å². The Bertz CT molecular complexity index is 221. The maximum absolute atomic E-state index is 3.50. The second-order valence-electron chi connectivity index (χ2n) is 6.77. The van der Waals surface area contributed by atoms with Gasteiger partial charge in [0.1, 0.15) is 0 Å². The molecule has 1 unspecified atom stereocenters. The zero-order valence-corrected chi connectivity index (χ0v) is 13.0. The van der Waals surface area contributed by atoms with Crippen LogP contribution in [0.4, 0.5) is 0 Å². The first-order valence-corrected chi connectivity index (χ1v) is 7.57. The van der Waals surface area contributed by atoms with E-state index >= 15 is 0 Å². The fourth-order valence-electron chi connectivity index (χ4n) is 3.61. The van der Waals surface area contributed by atoms with Gasteiger partial charge >= 0.3 is 0 Å². The van der Waals surface area contributed by atoms with Gasteiger partial charge in [-0.2, -0.15) is 0 Å². The fraction of sp³-hybridized carbons (Fsp3) is 1.00. The molecule has 1 saturated carbocycles. The summed E-state index contributed by atoms with van der Waals surface area (Å²) < 4.78 is 0. The van der Waals surface area contributed by atoms with Gasteiger partial charge in [-0.05, 0) is 44.3 Å². The molecule has 2 aliphatic rings. The van der Waals surface area contributed by atoms with Crippen molar-refractivity contribution < 1.29 is 0 Å². The number of hydrogen-bond donors (Lipinski definition) is 1. The van der Waals surface area contributed by atoms with Crippen LogP contribution in [-0.4, -0.2) is 38.1 Å². The van der Waals surface area contributed by atoms with Crippen LogP contribution in [0, 0.1) is 11.3 Å². The molecule has 1 atom stereocenters. The van der Waals surface area contributed by atoms with Gasteiger partial charge < -0.3 is 10.2 Å². The normalized spacial score (nSPS) is 29.5. The molecule has 2 nitrogen and oxygen atoms in total. The van der Waals surface area contributed by atoms with E-state index in [1.54, 1.807) is 0 Å². The molecule has 0 aromatic heterocycles. The number of rotatable bonds is 5. The summed E-state index contributed by atoms with van der Waals surface area (Å²) in [6.45, 7) is 7.44. The van der Waals surface area contributed by atoms with Gasteiger partial charge in [0.2, 0.25) is 0 Å². The Morgan fingerprint density at radius 2 is 1.94 bits per heavy atom. The van der Waals surface area contributed by atoms with E-state index in [1.807, 2.05) is 0 Å². The van der Waals surface area contributed by atoms with Crippen LogP contribution in [0.3, 0.4) is 0 Å². The van der Waals surface area contributed by atoms with E-state index in [-0.39, 0.29) is 12.4 Å². The quantitative estimate of drug-likeness (QED) is 0.828. The van der Waals surface area contributed by atoms with Crippen molar-refractivity contribution in [2.24, 2.45) is 11.3 Å². The zero-order valence-electron chi connectivity index (χ0n) is 12.2. The molecule has 0 radical (unpaired) electrons. The van der Waals surface area contributed by atoms with E-state index in [9.17, 15) is 0 Å². The van der Waals surface area contributed by atoms with Gasteiger partial charge in [-0.1, -0.05) is 39.0 Å². The molecule has 18 heavy (non-hydrogen) atoms. The van der Waals surface area contributed by atoms with Crippen molar-refractivity contribution in [3.8, 4) is 0 Å². The standard InChI is InChI=1S/C15H30N2.ClH/c1-15(9-10-16-12-15)13-17(2)11-8-14-6-4-3-5-7-14;/h14,16H,3-13H2,1-2H3;1H. The van der Waals surface area contributed by atoms with Crippen LogP contribution < -0.4 is 5.32 Å². The number of nitrogens with one attached hydrogen (secondary N) is 1. The molecule has 0 aromatic carbocycles. The van der Waals surface area contributed by atoms with Crippen molar-refractivity contribution in [2.45, 2.75) is 51.9 Å². The number of halogens is 1. The summed E-state index contributed by atoms with van der Waals surface area (Å²) in [4.78, 5) is 2.57. The van der Waals surface area contributed by atoms with E-state index in [4.69, 9.17) is 0 Å². The van der Waals surface area contributed by atoms with Gasteiger partial charge in [0.15, 0.2) is 0 Å². The summed E-state index contributed by atoms with van der Waals surface area (Å²) >= 11 is 0. The Hall–Kier alpha value is 0.210. The average molecular weight is 275 g/mol. The topological polar surface area (TPSA) is 15.3 Å². The fourth-order valence-corrected chi connectivity index (χ4v) is 3.61. The number of nitrogens with zero attached hydrogens (tertiary/aromatic N) is 1. The molecule has 1 aliphatic carbocycles. The third-order valence-electron chi connectivity index (χ3n) is 4.75. The smallest absolute Gasteiger partial charge is 0.00449 e. The first-order chi connectivity index (χ1) is 8.18. The number of hydrogen-bond acceptors (Lipinski definition) is 2. The van der Waals surface area contributed by atoms with Crippen molar-refractivity contribution >= 4 is 12.4 Å². The highest BCUT2D eigenvalue weighted by molar-refractivity contribution is 5.85. The van der Waals surface area contributed by atoms with Crippen LogP contribution >= 0.6 is 12.4 Å². The predicted molar refractivity (Wildman–Crippen MR) is 81.5 cm³/mol. The maximum atomic E-state index is 3.50. The van der Waals surface area contributed by atoms with Gasteiger partial charge in [0, 0.05) is 13.1 Å². The molecule has 1 aliphatic heterocycles. The lowest BCUT2D eigenvalue weighted by Crippen LogP contribution is -2.36. The molecule has 2 fully saturated rings. The lowest BCUT2D eigenvalue weighted by molar-refractivity contribution is 0.191. The SMILES string of the molecule is CN(CCC1CCCCC1)CC1(C)CCNC1.Cl. The van der Waals surface area contributed by atoms with Crippen LogP contribution in [0.1, 0.15) is 51.9 Å². The van der Waals surface area contributed by atoms with Gasteiger partial charge in [0.05, 0.1) is 0 Å². The first kappa shape index (κ1) is 16.3. The Balaban J connectivity index is 0.00000162. The van der Waals surface area contributed by atoms with Crippen molar-refractivity contribution in [3.63, 3.8) is 0 Å². The molecule has 0 amide bonds. The van der Waals surface area contributed by atoms with E-state index in [1.165, 1.54) is 71.1 Å². The Morgan fingerprint density at radius 1 is 1.22 bits per heavy atom. The lowest BCUT2D eigenvalue weighted by atomic mass is 9.86. The minimum atomic E-state index is 0. The van der Waals surface area contributed by atoms with E-state index in [0.29, 0.717) is 5.41 Å². The largest absolute Gasteiger partial charge is 0.316 e. The molecule has 1 saturated heterocycles.